The summed E-state index contributed by atoms with van der Waals surface area (Å²) in [6.07, 6.45) is 0.941. The van der Waals surface area contributed by atoms with Crippen molar-refractivity contribution in [3.63, 3.8) is 0 Å². The van der Waals surface area contributed by atoms with Gasteiger partial charge in [-0.2, -0.15) is 0 Å². The molecule has 2 aromatic rings. The van der Waals surface area contributed by atoms with Gasteiger partial charge >= 0.3 is 5.97 Å². The van der Waals surface area contributed by atoms with Crippen LogP contribution in [0.1, 0.15) is 62.5 Å². The number of ether oxygens (including phenoxy) is 1. The maximum Gasteiger partial charge on any atom is 0.335 e. The highest BCUT2D eigenvalue weighted by Gasteiger charge is 2.24. The molecular formula is C21H26O3. The molecule has 0 aliphatic heterocycles. The Hall–Kier alpha value is -2.29. The average molecular weight is 326 g/mol. The van der Waals surface area contributed by atoms with Crippen LogP contribution in [0.15, 0.2) is 48.5 Å². The van der Waals surface area contributed by atoms with Gasteiger partial charge in [0.15, 0.2) is 0 Å². The number of carboxylic acids is 1. The Morgan fingerprint density at radius 2 is 1.38 bits per heavy atom. The van der Waals surface area contributed by atoms with E-state index in [4.69, 9.17) is 9.84 Å². The second kappa shape index (κ2) is 6.68. The van der Waals surface area contributed by atoms with E-state index in [9.17, 15) is 4.79 Å². The van der Waals surface area contributed by atoms with Crippen molar-refractivity contribution < 1.29 is 14.6 Å². The van der Waals surface area contributed by atoms with Crippen LogP contribution in [0, 0.1) is 0 Å². The van der Waals surface area contributed by atoms with E-state index < -0.39 is 5.97 Å². The van der Waals surface area contributed by atoms with E-state index in [0.29, 0.717) is 5.56 Å². The van der Waals surface area contributed by atoms with Gasteiger partial charge in [0.25, 0.3) is 0 Å². The smallest absolute Gasteiger partial charge is 0.335 e. The normalized spacial score (nSPS) is 12.0. The molecule has 3 nitrogen and oxygen atoms in total. The van der Waals surface area contributed by atoms with Gasteiger partial charge in [0.1, 0.15) is 11.4 Å². The highest BCUT2D eigenvalue weighted by Crippen LogP contribution is 2.33. The van der Waals surface area contributed by atoms with Gasteiger partial charge in [-0.3, -0.25) is 0 Å². The molecule has 0 radical (unpaired) electrons. The lowest BCUT2D eigenvalue weighted by Crippen LogP contribution is -2.26. The van der Waals surface area contributed by atoms with Crippen molar-refractivity contribution >= 4 is 5.97 Å². The van der Waals surface area contributed by atoms with Gasteiger partial charge in [-0.25, -0.2) is 4.79 Å². The molecule has 2 aromatic carbocycles. The lowest BCUT2D eigenvalue weighted by Gasteiger charge is -2.28. The molecule has 2 rings (SSSR count). The Morgan fingerprint density at radius 1 is 0.917 bits per heavy atom. The van der Waals surface area contributed by atoms with E-state index in [-0.39, 0.29) is 11.0 Å². The third kappa shape index (κ3) is 3.97. The highest BCUT2D eigenvalue weighted by molar-refractivity contribution is 5.87. The first-order valence-electron chi connectivity index (χ1n) is 8.29. The van der Waals surface area contributed by atoms with Gasteiger partial charge in [0.2, 0.25) is 0 Å². The summed E-state index contributed by atoms with van der Waals surface area (Å²) in [6.45, 7) is 10.5. The van der Waals surface area contributed by atoms with Gasteiger partial charge < -0.3 is 9.84 Å². The summed E-state index contributed by atoms with van der Waals surface area (Å²) in [5, 5.41) is 9.03. The highest BCUT2D eigenvalue weighted by atomic mass is 16.5. The van der Waals surface area contributed by atoms with Crippen molar-refractivity contribution in [1.82, 2.24) is 0 Å². The summed E-state index contributed by atoms with van der Waals surface area (Å²) >= 11 is 0. The Kier molecular flexibility index (Phi) is 5.02. The van der Waals surface area contributed by atoms with Gasteiger partial charge in [0.05, 0.1) is 5.56 Å². The van der Waals surface area contributed by atoms with E-state index in [1.54, 1.807) is 12.1 Å². The van der Waals surface area contributed by atoms with Crippen LogP contribution >= 0.6 is 0 Å². The van der Waals surface area contributed by atoms with Crippen molar-refractivity contribution in [1.29, 1.82) is 0 Å². The molecule has 0 saturated carbocycles. The van der Waals surface area contributed by atoms with Crippen molar-refractivity contribution in [2.45, 2.75) is 52.1 Å². The largest absolute Gasteiger partial charge is 0.488 e. The molecule has 0 spiro atoms. The number of hydrogen-bond donors (Lipinski definition) is 1. The molecule has 128 valence electrons. The molecule has 1 N–H and O–H groups in total. The van der Waals surface area contributed by atoms with E-state index in [2.05, 4.69) is 46.8 Å². The molecule has 24 heavy (non-hydrogen) atoms. The molecular weight excluding hydrogens is 300 g/mol. The number of carboxylic acid groups (broad SMARTS) is 1. The molecule has 0 aromatic heterocycles. The molecule has 0 unspecified atom stereocenters. The SMILES string of the molecule is CCC(C)(C)Oc1ccc(C(C)(C)c2ccc(C(=O)O)cc2)cc1. The Labute approximate surface area is 144 Å². The second-order valence-electron chi connectivity index (χ2n) is 7.25. The standard InChI is InChI=1S/C21H26O3/c1-6-20(2,3)24-18-13-11-17(12-14-18)21(4,5)16-9-7-15(8-10-16)19(22)23/h7-14H,6H2,1-5H3,(H,22,23). The summed E-state index contributed by atoms with van der Waals surface area (Å²) in [6, 6.07) is 15.2. The predicted molar refractivity (Wildman–Crippen MR) is 97.0 cm³/mol. The maximum atomic E-state index is 11.0. The fourth-order valence-corrected chi connectivity index (χ4v) is 2.53. The summed E-state index contributed by atoms with van der Waals surface area (Å²) < 4.78 is 6.00. The zero-order valence-electron chi connectivity index (χ0n) is 15.1. The van der Waals surface area contributed by atoms with Crippen molar-refractivity contribution in [2.24, 2.45) is 0 Å². The summed E-state index contributed by atoms with van der Waals surface area (Å²) in [4.78, 5) is 11.0. The second-order valence-corrected chi connectivity index (χ2v) is 7.25. The van der Waals surface area contributed by atoms with Crippen molar-refractivity contribution in [3.8, 4) is 5.75 Å². The van der Waals surface area contributed by atoms with Gasteiger partial charge in [0, 0.05) is 5.41 Å². The average Bonchev–Trinajstić information content (AvgIpc) is 2.55. The van der Waals surface area contributed by atoms with E-state index >= 15 is 0 Å². The van der Waals surface area contributed by atoms with Gasteiger partial charge in [-0.05, 0) is 55.7 Å². The molecule has 0 fully saturated rings. The number of rotatable bonds is 6. The summed E-state index contributed by atoms with van der Waals surface area (Å²) in [5.41, 5.74) is 2.15. The molecule has 0 saturated heterocycles. The zero-order valence-corrected chi connectivity index (χ0v) is 15.1. The zero-order chi connectivity index (χ0) is 18.0. The number of hydrogen-bond acceptors (Lipinski definition) is 2. The van der Waals surface area contributed by atoms with E-state index in [1.807, 2.05) is 24.3 Å². The first kappa shape index (κ1) is 18.1. The van der Waals surface area contributed by atoms with Crippen LogP contribution in [0.5, 0.6) is 5.75 Å². The quantitative estimate of drug-likeness (QED) is 0.785. The molecule has 0 heterocycles. The van der Waals surface area contributed by atoms with Gasteiger partial charge in [-0.15, -0.1) is 0 Å². The van der Waals surface area contributed by atoms with Crippen LogP contribution in [0.4, 0.5) is 0 Å². The van der Waals surface area contributed by atoms with Crippen LogP contribution < -0.4 is 4.74 Å². The van der Waals surface area contributed by atoms with Crippen LogP contribution in [0.25, 0.3) is 0 Å². The third-order valence-electron chi connectivity index (χ3n) is 4.68. The minimum Gasteiger partial charge on any atom is -0.488 e. The first-order valence-corrected chi connectivity index (χ1v) is 8.29. The van der Waals surface area contributed by atoms with Crippen LogP contribution in [-0.2, 0) is 5.41 Å². The van der Waals surface area contributed by atoms with E-state index in [0.717, 1.165) is 23.3 Å². The molecule has 0 bridgehead atoms. The fourth-order valence-electron chi connectivity index (χ4n) is 2.53. The van der Waals surface area contributed by atoms with Gasteiger partial charge in [-0.1, -0.05) is 45.0 Å². The topological polar surface area (TPSA) is 46.5 Å². The molecule has 0 amide bonds. The number of carbonyl (C=O) groups is 1. The number of aromatic carboxylic acids is 1. The van der Waals surface area contributed by atoms with Crippen molar-refractivity contribution in [2.75, 3.05) is 0 Å². The Morgan fingerprint density at radius 3 is 1.79 bits per heavy atom. The molecule has 0 aliphatic carbocycles. The Bertz CT molecular complexity index is 695. The predicted octanol–water partition coefficient (Wildman–Crippen LogP) is 5.28. The molecule has 3 heteroatoms. The fraction of sp³-hybridized carbons (Fsp3) is 0.381. The summed E-state index contributed by atoms with van der Waals surface area (Å²) in [7, 11) is 0. The minimum atomic E-state index is -0.903. The van der Waals surface area contributed by atoms with Crippen LogP contribution in [0.3, 0.4) is 0 Å². The lowest BCUT2D eigenvalue weighted by molar-refractivity contribution is 0.0696. The summed E-state index contributed by atoms with van der Waals surface area (Å²) in [5.74, 6) is -0.0398. The monoisotopic (exact) mass is 326 g/mol. The number of benzene rings is 2. The van der Waals surface area contributed by atoms with E-state index in [1.165, 1.54) is 0 Å². The lowest BCUT2D eigenvalue weighted by atomic mass is 9.78. The molecule has 0 atom stereocenters. The first-order chi connectivity index (χ1) is 11.2. The van der Waals surface area contributed by atoms with Crippen LogP contribution in [0.2, 0.25) is 0 Å². The van der Waals surface area contributed by atoms with Crippen LogP contribution in [-0.4, -0.2) is 16.7 Å². The minimum absolute atomic E-state index is 0.177. The Balaban J connectivity index is 2.24. The third-order valence-corrected chi connectivity index (χ3v) is 4.68. The maximum absolute atomic E-state index is 11.0. The van der Waals surface area contributed by atoms with Crippen molar-refractivity contribution in [3.05, 3.63) is 65.2 Å². The molecule has 0 aliphatic rings.